The maximum Gasteiger partial charge on any atom is 0.0504 e. The van der Waals surface area contributed by atoms with Crippen LogP contribution in [-0.4, -0.2) is 34.7 Å². The van der Waals surface area contributed by atoms with E-state index in [0.29, 0.717) is 12.0 Å². The average Bonchev–Trinajstić information content (AvgIpc) is 2.95. The fourth-order valence-corrected chi connectivity index (χ4v) is 4.44. The number of rotatable bonds is 3. The van der Waals surface area contributed by atoms with Crippen LogP contribution in [0, 0.1) is 11.8 Å². The molecule has 4 rings (SSSR count). The van der Waals surface area contributed by atoms with Crippen molar-refractivity contribution < 1.29 is 5.11 Å². The van der Waals surface area contributed by atoms with E-state index in [0.717, 1.165) is 25.9 Å². The summed E-state index contributed by atoms with van der Waals surface area (Å²) in [7, 11) is 0. The molecule has 1 aromatic carbocycles. The van der Waals surface area contributed by atoms with E-state index in [1.807, 2.05) is 6.08 Å². The monoisotopic (exact) mass is 296 g/mol. The maximum atomic E-state index is 9.59. The van der Waals surface area contributed by atoms with Gasteiger partial charge in [0.2, 0.25) is 0 Å². The number of benzene rings is 1. The van der Waals surface area contributed by atoms with Gasteiger partial charge in [-0.3, -0.25) is 4.90 Å². The third-order valence-electron chi connectivity index (χ3n) is 5.70. The number of piperidine rings is 1. The van der Waals surface area contributed by atoms with Gasteiger partial charge < -0.3 is 10.1 Å². The molecule has 0 radical (unpaired) electrons. The minimum absolute atomic E-state index is 0.223. The highest BCUT2D eigenvalue weighted by molar-refractivity contribution is 5.85. The van der Waals surface area contributed by atoms with Crippen LogP contribution < -0.4 is 0 Å². The van der Waals surface area contributed by atoms with Crippen molar-refractivity contribution in [2.75, 3.05) is 19.7 Å². The molecule has 0 amide bonds. The van der Waals surface area contributed by atoms with Crippen molar-refractivity contribution in [1.29, 1.82) is 0 Å². The minimum Gasteiger partial charge on any atom is -0.396 e. The molecular weight excluding hydrogens is 272 g/mol. The molecule has 3 atom stereocenters. The molecule has 0 saturated carbocycles. The highest BCUT2D eigenvalue weighted by atomic mass is 16.3. The number of aliphatic hydroxyl groups is 1. The van der Waals surface area contributed by atoms with Crippen LogP contribution in [0.3, 0.4) is 0 Å². The Bertz CT molecular complexity index is 690. The Hall–Kier alpha value is -1.58. The number of hydrogen-bond donors (Lipinski definition) is 2. The van der Waals surface area contributed by atoms with Gasteiger partial charge in [0, 0.05) is 35.7 Å². The van der Waals surface area contributed by atoms with Crippen molar-refractivity contribution in [2.45, 2.75) is 25.3 Å². The molecule has 1 fully saturated rings. The smallest absolute Gasteiger partial charge is 0.0504 e. The van der Waals surface area contributed by atoms with Gasteiger partial charge in [-0.1, -0.05) is 24.3 Å². The number of H-pyrrole nitrogens is 1. The fraction of sp³-hybridized carbons (Fsp3) is 0.474. The second-order valence-corrected chi connectivity index (χ2v) is 6.73. The molecular formula is C19H24N2O. The molecule has 0 bridgehead atoms. The Labute approximate surface area is 131 Å². The van der Waals surface area contributed by atoms with Gasteiger partial charge in [-0.25, -0.2) is 0 Å². The number of aromatic amines is 1. The number of para-hydroxylation sites is 1. The van der Waals surface area contributed by atoms with Crippen molar-refractivity contribution in [1.82, 2.24) is 9.88 Å². The van der Waals surface area contributed by atoms with Crippen LogP contribution >= 0.6 is 0 Å². The van der Waals surface area contributed by atoms with Gasteiger partial charge in [-0.2, -0.15) is 0 Å². The van der Waals surface area contributed by atoms with E-state index in [1.165, 1.54) is 28.6 Å². The summed E-state index contributed by atoms with van der Waals surface area (Å²) in [6.45, 7) is 6.42. The third-order valence-corrected chi connectivity index (χ3v) is 5.70. The van der Waals surface area contributed by atoms with Crippen LogP contribution in [0.25, 0.3) is 10.9 Å². The van der Waals surface area contributed by atoms with Crippen molar-refractivity contribution in [3.05, 3.63) is 48.2 Å². The number of aromatic nitrogens is 1. The van der Waals surface area contributed by atoms with E-state index < -0.39 is 0 Å². The van der Waals surface area contributed by atoms with Gasteiger partial charge in [0.05, 0.1) is 6.04 Å². The predicted octanol–water partition coefficient (Wildman–Crippen LogP) is 3.27. The van der Waals surface area contributed by atoms with E-state index in [9.17, 15) is 5.11 Å². The van der Waals surface area contributed by atoms with Crippen LogP contribution in [0.1, 0.15) is 30.1 Å². The molecule has 3 heterocycles. The van der Waals surface area contributed by atoms with Crippen molar-refractivity contribution in [2.24, 2.45) is 11.8 Å². The van der Waals surface area contributed by atoms with Gasteiger partial charge in [0.1, 0.15) is 0 Å². The summed E-state index contributed by atoms with van der Waals surface area (Å²) in [6.07, 6.45) is 5.38. The van der Waals surface area contributed by atoms with E-state index in [-0.39, 0.29) is 12.5 Å². The number of nitrogens with one attached hydrogen (secondary N) is 1. The zero-order valence-corrected chi connectivity index (χ0v) is 13.0. The molecule has 2 N–H and O–H groups in total. The number of nitrogens with zero attached hydrogens (tertiary/aromatic N) is 1. The minimum atomic E-state index is 0.223. The molecule has 22 heavy (non-hydrogen) atoms. The molecule has 116 valence electrons. The van der Waals surface area contributed by atoms with Gasteiger partial charge in [0.25, 0.3) is 0 Å². The largest absolute Gasteiger partial charge is 0.396 e. The molecule has 3 heteroatoms. The van der Waals surface area contributed by atoms with Crippen LogP contribution in [0.2, 0.25) is 0 Å². The number of fused-ring (bicyclic) bond motifs is 5. The lowest BCUT2D eigenvalue weighted by Gasteiger charge is -2.43. The molecule has 0 aliphatic carbocycles. The normalized spacial score (nSPS) is 26.4. The molecule has 0 spiro atoms. The summed E-state index contributed by atoms with van der Waals surface area (Å²) in [4.78, 5) is 6.30. The Morgan fingerprint density at radius 1 is 1.36 bits per heavy atom. The zero-order chi connectivity index (χ0) is 15.1. The van der Waals surface area contributed by atoms with Gasteiger partial charge >= 0.3 is 0 Å². The molecule has 2 unspecified atom stereocenters. The summed E-state index contributed by atoms with van der Waals surface area (Å²) >= 11 is 0. The van der Waals surface area contributed by atoms with E-state index in [4.69, 9.17) is 0 Å². The second kappa shape index (κ2) is 5.56. The first-order valence-electron chi connectivity index (χ1n) is 8.38. The third kappa shape index (κ3) is 2.11. The molecule has 3 nitrogen and oxygen atoms in total. The lowest BCUT2D eigenvalue weighted by atomic mass is 9.78. The van der Waals surface area contributed by atoms with Crippen molar-refractivity contribution in [3.8, 4) is 0 Å². The van der Waals surface area contributed by atoms with Gasteiger partial charge in [-0.15, -0.1) is 6.58 Å². The van der Waals surface area contributed by atoms with E-state index >= 15 is 0 Å². The average molecular weight is 296 g/mol. The molecule has 2 aromatic rings. The predicted molar refractivity (Wildman–Crippen MR) is 89.8 cm³/mol. The Morgan fingerprint density at radius 2 is 2.23 bits per heavy atom. The Balaban J connectivity index is 1.70. The summed E-state index contributed by atoms with van der Waals surface area (Å²) in [6, 6.07) is 9.13. The number of aliphatic hydroxyl groups excluding tert-OH is 1. The summed E-state index contributed by atoms with van der Waals surface area (Å²) in [5, 5.41) is 11.0. The van der Waals surface area contributed by atoms with Gasteiger partial charge in [-0.05, 0) is 43.4 Å². The quantitative estimate of drug-likeness (QED) is 0.853. The molecule has 1 saturated heterocycles. The fourth-order valence-electron chi connectivity index (χ4n) is 4.44. The molecule has 1 aromatic heterocycles. The van der Waals surface area contributed by atoms with E-state index in [2.05, 4.69) is 40.7 Å². The summed E-state index contributed by atoms with van der Waals surface area (Å²) in [5.41, 5.74) is 4.19. The van der Waals surface area contributed by atoms with Gasteiger partial charge in [0.15, 0.2) is 0 Å². The first kappa shape index (κ1) is 14.0. The standard InChI is InChI=1S/C19H24N2O/c1-2-13(12-22)14-7-9-21-10-8-16-15-5-3-4-6-17(15)20-19(16)18(21)11-14/h2-6,13-14,18,20,22H,1,7-12H2/t13-,14?,18?/m0/s1. The van der Waals surface area contributed by atoms with E-state index in [1.54, 1.807) is 0 Å². The Kier molecular flexibility index (Phi) is 3.55. The summed E-state index contributed by atoms with van der Waals surface area (Å²) in [5.74, 6) is 0.776. The summed E-state index contributed by atoms with van der Waals surface area (Å²) < 4.78 is 0. The molecule has 2 aliphatic rings. The first-order chi connectivity index (χ1) is 10.8. The van der Waals surface area contributed by atoms with Crippen LogP contribution in [0.15, 0.2) is 36.9 Å². The van der Waals surface area contributed by atoms with Crippen LogP contribution in [0.4, 0.5) is 0 Å². The zero-order valence-electron chi connectivity index (χ0n) is 13.0. The van der Waals surface area contributed by atoms with Crippen molar-refractivity contribution >= 4 is 10.9 Å². The first-order valence-corrected chi connectivity index (χ1v) is 8.38. The van der Waals surface area contributed by atoms with Crippen molar-refractivity contribution in [3.63, 3.8) is 0 Å². The SMILES string of the molecule is C=C[C@@H](CO)C1CCN2CCc3c([nH]c4ccccc34)C2C1. The lowest BCUT2D eigenvalue weighted by molar-refractivity contribution is 0.0704. The highest BCUT2D eigenvalue weighted by Gasteiger charge is 2.37. The van der Waals surface area contributed by atoms with Crippen LogP contribution in [-0.2, 0) is 6.42 Å². The molecule has 2 aliphatic heterocycles. The van der Waals surface area contributed by atoms with Crippen LogP contribution in [0.5, 0.6) is 0 Å². The number of hydrogen-bond acceptors (Lipinski definition) is 2. The second-order valence-electron chi connectivity index (χ2n) is 6.73. The highest BCUT2D eigenvalue weighted by Crippen LogP contribution is 2.42. The topological polar surface area (TPSA) is 39.3 Å². The lowest BCUT2D eigenvalue weighted by Crippen LogP contribution is -2.43. The Morgan fingerprint density at radius 3 is 3.05 bits per heavy atom. The maximum absolute atomic E-state index is 9.59.